The number of ketones is 1. The third-order valence-electron chi connectivity index (χ3n) is 4.30. The number of benzene rings is 1. The van der Waals surface area contributed by atoms with Gasteiger partial charge in [0.1, 0.15) is 5.76 Å². The Morgan fingerprint density at radius 2 is 2.04 bits per heavy atom. The molecule has 1 aliphatic rings. The summed E-state index contributed by atoms with van der Waals surface area (Å²) in [6, 6.07) is 4.43. The number of methoxy groups -OCH3 is 1. The van der Waals surface area contributed by atoms with E-state index in [0.717, 1.165) is 0 Å². The Bertz CT molecular complexity index is 942. The predicted molar refractivity (Wildman–Crippen MR) is 90.7 cm³/mol. The van der Waals surface area contributed by atoms with Crippen molar-refractivity contribution in [2.45, 2.75) is 26.4 Å². The number of aromatic carboxylic acids is 1. The van der Waals surface area contributed by atoms with Gasteiger partial charge in [-0.25, -0.2) is 4.79 Å². The molecule has 3 rings (SSSR count). The van der Waals surface area contributed by atoms with Gasteiger partial charge in [0.15, 0.2) is 17.3 Å². The molecule has 0 atom stereocenters. The van der Waals surface area contributed by atoms with E-state index in [2.05, 4.69) is 4.74 Å². The van der Waals surface area contributed by atoms with Crippen LogP contribution in [-0.4, -0.2) is 30.6 Å². The van der Waals surface area contributed by atoms with Crippen molar-refractivity contribution < 1.29 is 37.4 Å². The molecule has 0 bridgehead atoms. The van der Waals surface area contributed by atoms with Crippen LogP contribution in [0.15, 0.2) is 28.2 Å². The second kappa shape index (κ2) is 7.22. The first-order valence-electron chi connectivity index (χ1n) is 8.05. The fraction of sp³-hybridized carbons (Fsp3) is 0.263. The maximum atomic E-state index is 12.8. The second-order valence-corrected chi connectivity index (χ2v) is 5.95. The topological polar surface area (TPSA) is 86.0 Å². The monoisotopic (exact) mass is 378 g/mol. The van der Waals surface area contributed by atoms with E-state index < -0.39 is 12.6 Å². The molecular formula is C19H16F2O6. The zero-order valence-electron chi connectivity index (χ0n) is 14.5. The highest BCUT2D eigenvalue weighted by atomic mass is 19.3. The average Bonchev–Trinajstić information content (AvgIpc) is 2.95. The van der Waals surface area contributed by atoms with E-state index in [0.29, 0.717) is 29.7 Å². The fourth-order valence-corrected chi connectivity index (χ4v) is 3.08. The Balaban J connectivity index is 1.97. The molecule has 2 aromatic rings. The van der Waals surface area contributed by atoms with E-state index >= 15 is 0 Å². The number of halogens is 2. The molecule has 8 heteroatoms. The van der Waals surface area contributed by atoms with Crippen LogP contribution >= 0.6 is 0 Å². The lowest BCUT2D eigenvalue weighted by Gasteiger charge is -2.14. The number of carbonyl (C=O) groups excluding carboxylic acids is 1. The summed E-state index contributed by atoms with van der Waals surface area (Å²) in [6.45, 7) is -1.49. The van der Waals surface area contributed by atoms with Gasteiger partial charge in [-0.1, -0.05) is 6.07 Å². The van der Waals surface area contributed by atoms with Crippen LogP contribution in [0.3, 0.4) is 0 Å². The van der Waals surface area contributed by atoms with Gasteiger partial charge in [0.25, 0.3) is 0 Å². The van der Waals surface area contributed by atoms with Crippen LogP contribution < -0.4 is 9.47 Å². The number of furan rings is 1. The van der Waals surface area contributed by atoms with Gasteiger partial charge in [-0.05, 0) is 37.1 Å². The zero-order valence-corrected chi connectivity index (χ0v) is 14.5. The summed E-state index contributed by atoms with van der Waals surface area (Å²) in [5.74, 6) is -1.46. The number of hydrogen-bond donors (Lipinski definition) is 1. The Kier molecular flexibility index (Phi) is 4.98. The number of carbonyl (C=O) groups is 2. The standard InChI is InChI=1S/C19H16F2O6/c1-9-15-13(26-17(9)18(23)24)6-4-11(16(15)22)7-10-3-5-12(25-2)14(8-10)27-19(20)21/h3,5,7-8,19H,4,6H2,1-2H3,(H,23,24). The lowest BCUT2D eigenvalue weighted by Crippen LogP contribution is -2.13. The third-order valence-corrected chi connectivity index (χ3v) is 4.30. The normalized spacial score (nSPS) is 15.1. The molecule has 1 N–H and O–H groups in total. The molecule has 0 saturated carbocycles. The molecule has 1 aromatic carbocycles. The van der Waals surface area contributed by atoms with Crippen LogP contribution in [0.5, 0.6) is 11.5 Å². The summed E-state index contributed by atoms with van der Waals surface area (Å²) in [5.41, 5.74) is 1.45. The molecule has 1 aliphatic carbocycles. The molecule has 0 amide bonds. The highest BCUT2D eigenvalue weighted by Gasteiger charge is 2.31. The molecule has 0 aliphatic heterocycles. The van der Waals surface area contributed by atoms with Gasteiger partial charge >= 0.3 is 12.6 Å². The van der Waals surface area contributed by atoms with Crippen molar-refractivity contribution in [3.8, 4) is 11.5 Å². The van der Waals surface area contributed by atoms with E-state index in [1.807, 2.05) is 0 Å². The summed E-state index contributed by atoms with van der Waals surface area (Å²) in [6.07, 6.45) is 2.28. The van der Waals surface area contributed by atoms with Crippen molar-refractivity contribution in [3.05, 3.63) is 52.0 Å². The highest BCUT2D eigenvalue weighted by Crippen LogP contribution is 2.34. The van der Waals surface area contributed by atoms with Gasteiger partial charge in [-0.2, -0.15) is 8.78 Å². The highest BCUT2D eigenvalue weighted by molar-refractivity contribution is 6.14. The number of alkyl halides is 2. The van der Waals surface area contributed by atoms with Crippen LogP contribution in [0.25, 0.3) is 6.08 Å². The lowest BCUT2D eigenvalue weighted by atomic mass is 9.88. The fourth-order valence-electron chi connectivity index (χ4n) is 3.08. The van der Waals surface area contributed by atoms with Crippen molar-refractivity contribution in [2.75, 3.05) is 7.11 Å². The number of fused-ring (bicyclic) bond motifs is 1. The maximum absolute atomic E-state index is 12.8. The number of carboxylic acids is 1. The van der Waals surface area contributed by atoms with Gasteiger partial charge in [0.2, 0.25) is 5.76 Å². The first kappa shape index (κ1) is 18.6. The SMILES string of the molecule is COc1ccc(C=C2CCc3oc(C(=O)O)c(C)c3C2=O)cc1OC(F)F. The summed E-state index contributed by atoms with van der Waals surface area (Å²) < 4.78 is 39.8. The Hall–Kier alpha value is -3.16. The van der Waals surface area contributed by atoms with Gasteiger partial charge < -0.3 is 19.0 Å². The van der Waals surface area contributed by atoms with Crippen molar-refractivity contribution >= 4 is 17.8 Å². The first-order chi connectivity index (χ1) is 12.8. The largest absolute Gasteiger partial charge is 0.493 e. The van der Waals surface area contributed by atoms with Crippen molar-refractivity contribution in [3.63, 3.8) is 0 Å². The van der Waals surface area contributed by atoms with Crippen molar-refractivity contribution in [2.24, 2.45) is 0 Å². The van der Waals surface area contributed by atoms with Gasteiger partial charge in [0.05, 0.1) is 12.7 Å². The van der Waals surface area contributed by atoms with Crippen LogP contribution in [-0.2, 0) is 6.42 Å². The molecule has 0 saturated heterocycles. The smallest absolute Gasteiger partial charge is 0.387 e. The second-order valence-electron chi connectivity index (χ2n) is 5.95. The van der Waals surface area contributed by atoms with Gasteiger partial charge in [0, 0.05) is 17.6 Å². The van der Waals surface area contributed by atoms with Crippen LogP contribution in [0.2, 0.25) is 0 Å². The number of allylic oxidation sites excluding steroid dienone is 1. The lowest BCUT2D eigenvalue weighted by molar-refractivity contribution is -0.0512. The number of Topliss-reactive ketones (excluding diaryl/α,β-unsaturated/α-hetero) is 1. The predicted octanol–water partition coefficient (Wildman–Crippen LogP) is 4.11. The number of hydrogen-bond acceptors (Lipinski definition) is 5. The minimum Gasteiger partial charge on any atom is -0.493 e. The van der Waals surface area contributed by atoms with Crippen LogP contribution in [0.4, 0.5) is 8.78 Å². The van der Waals surface area contributed by atoms with Gasteiger partial charge in [-0.15, -0.1) is 0 Å². The van der Waals surface area contributed by atoms with Gasteiger partial charge in [-0.3, -0.25) is 4.79 Å². The number of ether oxygens (including phenoxy) is 2. The van der Waals surface area contributed by atoms with E-state index in [4.69, 9.17) is 14.3 Å². The summed E-state index contributed by atoms with van der Waals surface area (Å²) in [7, 11) is 1.33. The minimum absolute atomic E-state index is 0.140. The van der Waals surface area contributed by atoms with E-state index in [1.165, 1.54) is 26.2 Å². The summed E-state index contributed by atoms with van der Waals surface area (Å²) in [4.78, 5) is 24.0. The molecular weight excluding hydrogens is 362 g/mol. The Morgan fingerprint density at radius 3 is 2.67 bits per heavy atom. The zero-order chi connectivity index (χ0) is 19.7. The Labute approximate surface area is 153 Å². The molecule has 1 heterocycles. The molecule has 0 unspecified atom stereocenters. The summed E-state index contributed by atoms with van der Waals surface area (Å²) in [5, 5.41) is 9.15. The molecule has 27 heavy (non-hydrogen) atoms. The average molecular weight is 378 g/mol. The molecule has 0 fully saturated rings. The number of carboxylic acid groups (broad SMARTS) is 1. The first-order valence-corrected chi connectivity index (χ1v) is 8.05. The summed E-state index contributed by atoms with van der Waals surface area (Å²) >= 11 is 0. The number of aryl methyl sites for hydroxylation is 1. The van der Waals surface area contributed by atoms with Crippen LogP contribution in [0, 0.1) is 6.92 Å². The van der Waals surface area contributed by atoms with E-state index in [-0.39, 0.29) is 34.2 Å². The van der Waals surface area contributed by atoms with Crippen LogP contribution in [0.1, 0.15) is 44.2 Å². The minimum atomic E-state index is -3.01. The molecule has 0 spiro atoms. The Morgan fingerprint density at radius 1 is 1.30 bits per heavy atom. The maximum Gasteiger partial charge on any atom is 0.387 e. The van der Waals surface area contributed by atoms with E-state index in [1.54, 1.807) is 12.1 Å². The van der Waals surface area contributed by atoms with Crippen molar-refractivity contribution in [1.82, 2.24) is 0 Å². The molecule has 0 radical (unpaired) electrons. The molecule has 6 nitrogen and oxygen atoms in total. The number of rotatable bonds is 5. The van der Waals surface area contributed by atoms with Crippen molar-refractivity contribution in [1.29, 1.82) is 0 Å². The quantitative estimate of drug-likeness (QED) is 0.788. The van der Waals surface area contributed by atoms with E-state index in [9.17, 15) is 18.4 Å². The molecule has 142 valence electrons. The molecule has 1 aromatic heterocycles. The third kappa shape index (κ3) is 3.55.